The van der Waals surface area contributed by atoms with Gasteiger partial charge in [0.2, 0.25) is 11.8 Å². The van der Waals surface area contributed by atoms with Crippen LogP contribution in [0.25, 0.3) is 5.95 Å². The number of nitrogens with one attached hydrogen (secondary N) is 1. The molecule has 0 saturated heterocycles. The molecule has 3 N–H and O–H groups in total. The summed E-state index contributed by atoms with van der Waals surface area (Å²) in [6, 6.07) is 1.17. The molecule has 8 nitrogen and oxygen atoms in total. The molecule has 2 heterocycles. The van der Waals surface area contributed by atoms with Gasteiger partial charge in [-0.25, -0.2) is 14.6 Å². The first kappa shape index (κ1) is 17.6. The van der Waals surface area contributed by atoms with Gasteiger partial charge in [-0.1, -0.05) is 0 Å². The molecule has 24 heavy (non-hydrogen) atoms. The van der Waals surface area contributed by atoms with Gasteiger partial charge < -0.3 is 11.1 Å². The van der Waals surface area contributed by atoms with E-state index in [0.717, 1.165) is 28.3 Å². The average Bonchev–Trinajstić information content (AvgIpc) is 2.74. The molecule has 0 aliphatic rings. The number of hydrogen-bond donors (Lipinski definition) is 2. The van der Waals surface area contributed by atoms with Gasteiger partial charge in [-0.3, -0.25) is 9.59 Å². The Labute approximate surface area is 140 Å². The first-order valence-electron chi connectivity index (χ1n) is 7.65. The van der Waals surface area contributed by atoms with Crippen molar-refractivity contribution in [1.29, 1.82) is 0 Å². The first-order chi connectivity index (χ1) is 11.2. The highest BCUT2D eigenvalue weighted by molar-refractivity contribution is 5.87. The van der Waals surface area contributed by atoms with Crippen LogP contribution in [0.3, 0.4) is 0 Å². The lowest BCUT2D eigenvalue weighted by Crippen LogP contribution is -2.42. The van der Waals surface area contributed by atoms with Crippen LogP contribution in [0, 0.1) is 27.7 Å². The number of nitrogens with zero attached hydrogens (tertiary/aromatic N) is 4. The van der Waals surface area contributed by atoms with Crippen LogP contribution in [-0.2, 0) is 16.0 Å². The fourth-order valence-corrected chi connectivity index (χ4v) is 2.45. The van der Waals surface area contributed by atoms with Crippen molar-refractivity contribution in [2.45, 2.75) is 47.1 Å². The number of aryl methyl sites for hydroxylation is 3. The summed E-state index contributed by atoms with van der Waals surface area (Å²) < 4.78 is 1.63. The Morgan fingerprint density at radius 2 is 1.79 bits per heavy atom. The minimum atomic E-state index is -0.712. The van der Waals surface area contributed by atoms with Gasteiger partial charge in [0.15, 0.2) is 0 Å². The minimum Gasteiger partial charge on any atom is -0.368 e. The molecule has 0 fully saturated rings. The SMILES string of the molecule is Cc1cc(C)nc(-n2nc(C)c(CC(=O)N[C@@H](C)C(N)=O)c2C)n1. The third-order valence-electron chi connectivity index (χ3n) is 3.74. The Kier molecular flexibility index (Phi) is 4.96. The highest BCUT2D eigenvalue weighted by Gasteiger charge is 2.19. The molecule has 2 rings (SSSR count). The van der Waals surface area contributed by atoms with Crippen molar-refractivity contribution < 1.29 is 9.59 Å². The molecule has 0 spiro atoms. The molecule has 0 unspecified atom stereocenters. The Balaban J connectivity index is 2.29. The largest absolute Gasteiger partial charge is 0.368 e. The summed E-state index contributed by atoms with van der Waals surface area (Å²) >= 11 is 0. The minimum absolute atomic E-state index is 0.111. The van der Waals surface area contributed by atoms with E-state index in [1.54, 1.807) is 11.6 Å². The van der Waals surface area contributed by atoms with E-state index in [2.05, 4.69) is 20.4 Å². The number of hydrogen-bond acceptors (Lipinski definition) is 5. The molecule has 0 bridgehead atoms. The van der Waals surface area contributed by atoms with Gasteiger partial charge in [0.05, 0.1) is 12.1 Å². The summed E-state index contributed by atoms with van der Waals surface area (Å²) in [4.78, 5) is 31.9. The summed E-state index contributed by atoms with van der Waals surface area (Å²) in [6.07, 6.45) is 0.111. The highest BCUT2D eigenvalue weighted by atomic mass is 16.2. The first-order valence-corrected chi connectivity index (χ1v) is 7.65. The number of nitrogens with two attached hydrogens (primary N) is 1. The zero-order valence-corrected chi connectivity index (χ0v) is 14.5. The topological polar surface area (TPSA) is 116 Å². The molecule has 2 amide bonds. The smallest absolute Gasteiger partial charge is 0.251 e. The molecule has 1 atom stereocenters. The molecule has 0 aliphatic heterocycles. The van der Waals surface area contributed by atoms with Crippen molar-refractivity contribution >= 4 is 11.8 Å². The van der Waals surface area contributed by atoms with Gasteiger partial charge in [-0.05, 0) is 40.7 Å². The van der Waals surface area contributed by atoms with Gasteiger partial charge in [0.1, 0.15) is 6.04 Å². The second-order valence-corrected chi connectivity index (χ2v) is 5.88. The van der Waals surface area contributed by atoms with Crippen LogP contribution < -0.4 is 11.1 Å². The number of carbonyl (C=O) groups is 2. The van der Waals surface area contributed by atoms with Crippen molar-refractivity contribution in [3.8, 4) is 5.95 Å². The lowest BCUT2D eigenvalue weighted by molar-refractivity contribution is -0.126. The van der Waals surface area contributed by atoms with E-state index in [9.17, 15) is 9.59 Å². The molecule has 8 heteroatoms. The summed E-state index contributed by atoms with van der Waals surface area (Å²) in [5.74, 6) is -0.380. The second kappa shape index (κ2) is 6.77. The molecule has 0 saturated carbocycles. The quantitative estimate of drug-likeness (QED) is 0.824. The molecular formula is C16H22N6O2. The van der Waals surface area contributed by atoms with E-state index in [-0.39, 0.29) is 12.3 Å². The predicted octanol–water partition coefficient (Wildman–Crippen LogP) is 0.428. The number of amides is 2. The van der Waals surface area contributed by atoms with Crippen molar-refractivity contribution in [1.82, 2.24) is 25.1 Å². The summed E-state index contributed by atoms with van der Waals surface area (Å²) in [5.41, 5.74) is 9.15. The van der Waals surface area contributed by atoms with Crippen LogP contribution in [0.2, 0.25) is 0 Å². The maximum Gasteiger partial charge on any atom is 0.251 e. The van der Waals surface area contributed by atoms with E-state index < -0.39 is 11.9 Å². The molecule has 2 aromatic heterocycles. The van der Waals surface area contributed by atoms with Crippen molar-refractivity contribution in [3.63, 3.8) is 0 Å². The van der Waals surface area contributed by atoms with Gasteiger partial charge >= 0.3 is 0 Å². The van der Waals surface area contributed by atoms with E-state index >= 15 is 0 Å². The van der Waals surface area contributed by atoms with Crippen LogP contribution >= 0.6 is 0 Å². The van der Waals surface area contributed by atoms with E-state index in [0.29, 0.717) is 5.95 Å². The van der Waals surface area contributed by atoms with Crippen LogP contribution in [0.1, 0.15) is 35.3 Å². The zero-order chi connectivity index (χ0) is 18.0. The monoisotopic (exact) mass is 330 g/mol. The van der Waals surface area contributed by atoms with Crippen molar-refractivity contribution in [3.05, 3.63) is 34.4 Å². The number of rotatable bonds is 5. The van der Waals surface area contributed by atoms with E-state index in [1.807, 2.05) is 33.8 Å². The predicted molar refractivity (Wildman–Crippen MR) is 88.6 cm³/mol. The fraction of sp³-hybridized carbons (Fsp3) is 0.438. The molecule has 0 radical (unpaired) electrons. The van der Waals surface area contributed by atoms with Crippen LogP contribution in [0.15, 0.2) is 6.07 Å². The Morgan fingerprint density at radius 1 is 1.21 bits per heavy atom. The molecule has 128 valence electrons. The average molecular weight is 330 g/mol. The maximum absolute atomic E-state index is 12.1. The van der Waals surface area contributed by atoms with Crippen LogP contribution in [0.4, 0.5) is 0 Å². The lowest BCUT2D eigenvalue weighted by atomic mass is 10.1. The summed E-state index contributed by atoms with van der Waals surface area (Å²) in [6.45, 7) is 9.02. The molecule has 0 aromatic carbocycles. The zero-order valence-electron chi connectivity index (χ0n) is 14.5. The number of primary amides is 1. The Bertz CT molecular complexity index is 776. The Hall–Kier alpha value is -2.77. The van der Waals surface area contributed by atoms with Crippen molar-refractivity contribution in [2.75, 3.05) is 0 Å². The standard InChI is InChI=1S/C16H22N6O2/c1-8-6-9(2)19-16(18-8)22-12(5)13(10(3)21-22)7-14(23)20-11(4)15(17)24/h6,11H,7H2,1-5H3,(H2,17,24)(H,20,23)/t11-/m0/s1. The van der Waals surface area contributed by atoms with Gasteiger partial charge in [-0.2, -0.15) is 5.10 Å². The third-order valence-corrected chi connectivity index (χ3v) is 3.74. The summed E-state index contributed by atoms with van der Waals surface area (Å²) in [7, 11) is 0. The van der Waals surface area contributed by atoms with E-state index in [4.69, 9.17) is 5.73 Å². The normalized spacial score (nSPS) is 12.0. The number of carbonyl (C=O) groups excluding carboxylic acids is 2. The van der Waals surface area contributed by atoms with E-state index in [1.165, 1.54) is 0 Å². The highest BCUT2D eigenvalue weighted by Crippen LogP contribution is 2.17. The molecule has 2 aromatic rings. The van der Waals surface area contributed by atoms with Gasteiger partial charge in [0, 0.05) is 22.6 Å². The van der Waals surface area contributed by atoms with Crippen molar-refractivity contribution in [2.24, 2.45) is 5.73 Å². The van der Waals surface area contributed by atoms with Crippen LogP contribution in [-0.4, -0.2) is 37.6 Å². The Morgan fingerprint density at radius 3 is 2.33 bits per heavy atom. The maximum atomic E-state index is 12.1. The second-order valence-electron chi connectivity index (χ2n) is 5.88. The number of aromatic nitrogens is 4. The lowest BCUT2D eigenvalue weighted by Gasteiger charge is -2.10. The third kappa shape index (κ3) is 3.76. The molecule has 0 aliphatic carbocycles. The van der Waals surface area contributed by atoms with Gasteiger partial charge in [0.25, 0.3) is 5.95 Å². The summed E-state index contributed by atoms with van der Waals surface area (Å²) in [5, 5.41) is 7.02. The van der Waals surface area contributed by atoms with Crippen LogP contribution in [0.5, 0.6) is 0 Å². The molecular weight excluding hydrogens is 308 g/mol. The van der Waals surface area contributed by atoms with Gasteiger partial charge in [-0.15, -0.1) is 0 Å². The fourth-order valence-electron chi connectivity index (χ4n) is 2.45.